The summed E-state index contributed by atoms with van der Waals surface area (Å²) in [5.41, 5.74) is 2.06. The Morgan fingerprint density at radius 1 is 1.24 bits per heavy atom. The first-order valence-electron chi connectivity index (χ1n) is 6.07. The predicted molar refractivity (Wildman–Crippen MR) is 77.4 cm³/mol. The van der Waals surface area contributed by atoms with E-state index < -0.39 is 11.7 Å². The summed E-state index contributed by atoms with van der Waals surface area (Å²) >= 11 is 3.04. The van der Waals surface area contributed by atoms with E-state index in [0.29, 0.717) is 16.6 Å². The van der Waals surface area contributed by atoms with Gasteiger partial charge in [0.15, 0.2) is 5.82 Å². The van der Waals surface area contributed by atoms with Crippen LogP contribution >= 0.6 is 15.9 Å². The number of anilines is 1. The van der Waals surface area contributed by atoms with Gasteiger partial charge in [0.05, 0.1) is 5.56 Å². The number of hydrazine groups is 1. The highest BCUT2D eigenvalue weighted by atomic mass is 79.9. The highest BCUT2D eigenvalue weighted by molar-refractivity contribution is 9.10. The molecule has 3 N–H and O–H groups in total. The van der Waals surface area contributed by atoms with Crippen LogP contribution in [0.2, 0.25) is 0 Å². The molecule has 0 fully saturated rings. The molecule has 0 spiro atoms. The van der Waals surface area contributed by atoms with Gasteiger partial charge in [-0.1, -0.05) is 22.9 Å². The van der Waals surface area contributed by atoms with Crippen LogP contribution in [0.1, 0.15) is 18.2 Å². The predicted octanol–water partition coefficient (Wildman–Crippen LogP) is 3.77. The van der Waals surface area contributed by atoms with Crippen LogP contribution in [0, 0.1) is 0 Å². The van der Waals surface area contributed by atoms with Crippen LogP contribution < -0.4 is 11.3 Å². The normalized spacial score (nSPS) is 11.5. The molecule has 1 heterocycles. The van der Waals surface area contributed by atoms with Gasteiger partial charge in [-0.25, -0.2) is 15.8 Å². The molecule has 0 amide bonds. The number of nitrogens with one attached hydrogen (secondary N) is 1. The van der Waals surface area contributed by atoms with Crippen LogP contribution in [0.15, 0.2) is 28.7 Å². The van der Waals surface area contributed by atoms with E-state index in [0.717, 1.165) is 6.07 Å². The maximum Gasteiger partial charge on any atom is 0.417 e. The fourth-order valence-corrected chi connectivity index (χ4v) is 2.18. The summed E-state index contributed by atoms with van der Waals surface area (Å²) in [5, 5.41) is 0. The molecule has 1 aromatic heterocycles. The van der Waals surface area contributed by atoms with Gasteiger partial charge in [0.1, 0.15) is 5.82 Å². The summed E-state index contributed by atoms with van der Waals surface area (Å²) in [7, 11) is 0. The van der Waals surface area contributed by atoms with Crippen LogP contribution in [-0.4, -0.2) is 9.97 Å². The number of nitrogen functional groups attached to an aromatic ring is 1. The van der Waals surface area contributed by atoms with Crippen LogP contribution in [0.5, 0.6) is 0 Å². The third-order valence-corrected chi connectivity index (χ3v) is 3.31. The van der Waals surface area contributed by atoms with Crippen molar-refractivity contribution in [1.29, 1.82) is 0 Å². The van der Waals surface area contributed by atoms with Gasteiger partial charge in [-0.2, -0.15) is 13.2 Å². The fraction of sp³-hybridized carbons (Fsp3) is 0.231. The summed E-state index contributed by atoms with van der Waals surface area (Å²) in [4.78, 5) is 8.16. The highest BCUT2D eigenvalue weighted by Gasteiger charge is 2.34. The summed E-state index contributed by atoms with van der Waals surface area (Å²) < 4.78 is 39.8. The molecule has 2 rings (SSSR count). The van der Waals surface area contributed by atoms with Crippen LogP contribution in [-0.2, 0) is 12.6 Å². The zero-order chi connectivity index (χ0) is 15.6. The first-order valence-corrected chi connectivity index (χ1v) is 6.86. The van der Waals surface area contributed by atoms with Gasteiger partial charge in [-0.05, 0) is 24.6 Å². The first-order chi connectivity index (χ1) is 9.85. The molecule has 0 atom stereocenters. The van der Waals surface area contributed by atoms with E-state index in [9.17, 15) is 13.2 Å². The third kappa shape index (κ3) is 3.51. The van der Waals surface area contributed by atoms with Gasteiger partial charge in [0.2, 0.25) is 0 Å². The number of aromatic nitrogens is 2. The van der Waals surface area contributed by atoms with E-state index in [4.69, 9.17) is 5.84 Å². The minimum absolute atomic E-state index is 0.0119. The van der Waals surface area contributed by atoms with Gasteiger partial charge < -0.3 is 5.43 Å². The van der Waals surface area contributed by atoms with Crippen molar-refractivity contribution in [3.05, 3.63) is 40.0 Å². The molecule has 0 aliphatic rings. The molecule has 21 heavy (non-hydrogen) atoms. The summed E-state index contributed by atoms with van der Waals surface area (Å²) in [5.74, 6) is 5.56. The molecule has 0 saturated carbocycles. The van der Waals surface area contributed by atoms with Crippen LogP contribution in [0.25, 0.3) is 11.4 Å². The molecule has 0 unspecified atom stereocenters. The molecule has 0 aliphatic heterocycles. The molecule has 0 aliphatic carbocycles. The number of hydrogen-bond donors (Lipinski definition) is 2. The number of aryl methyl sites for hydroxylation is 1. The Morgan fingerprint density at radius 3 is 2.52 bits per heavy atom. The Bertz CT molecular complexity index is 636. The van der Waals surface area contributed by atoms with Crippen molar-refractivity contribution in [2.24, 2.45) is 5.84 Å². The average molecular weight is 361 g/mol. The van der Waals surface area contributed by atoms with Crippen molar-refractivity contribution >= 4 is 21.7 Å². The van der Waals surface area contributed by atoms with Crippen LogP contribution in [0.3, 0.4) is 0 Å². The molecule has 0 bridgehead atoms. The molecule has 0 saturated heterocycles. The largest absolute Gasteiger partial charge is 0.417 e. The number of alkyl halides is 3. The Kier molecular flexibility index (Phi) is 4.48. The minimum atomic E-state index is -4.50. The summed E-state index contributed by atoms with van der Waals surface area (Å²) in [6, 6.07) is 5.45. The first kappa shape index (κ1) is 15.7. The zero-order valence-corrected chi connectivity index (χ0v) is 12.6. The van der Waals surface area contributed by atoms with Gasteiger partial charge in [-0.15, -0.1) is 0 Å². The smallest absolute Gasteiger partial charge is 0.308 e. The van der Waals surface area contributed by atoms with E-state index >= 15 is 0 Å². The average Bonchev–Trinajstić information content (AvgIpc) is 2.45. The fourth-order valence-electron chi connectivity index (χ4n) is 1.82. The molecular weight excluding hydrogens is 349 g/mol. The van der Waals surface area contributed by atoms with Crippen molar-refractivity contribution in [2.75, 3.05) is 5.43 Å². The number of nitrogens with zero attached hydrogens (tertiary/aromatic N) is 2. The van der Waals surface area contributed by atoms with E-state index in [1.54, 1.807) is 6.07 Å². The number of rotatable bonds is 3. The van der Waals surface area contributed by atoms with Crippen molar-refractivity contribution < 1.29 is 13.2 Å². The molecule has 2 aromatic rings. The number of nitrogens with two attached hydrogens (primary N) is 1. The van der Waals surface area contributed by atoms with E-state index in [1.165, 1.54) is 12.1 Å². The maximum atomic E-state index is 13.2. The quantitative estimate of drug-likeness (QED) is 0.645. The van der Waals surface area contributed by atoms with E-state index in [-0.39, 0.29) is 17.2 Å². The lowest BCUT2D eigenvalue weighted by atomic mass is 10.1. The van der Waals surface area contributed by atoms with Gasteiger partial charge in [0, 0.05) is 21.8 Å². The monoisotopic (exact) mass is 360 g/mol. The second-order valence-electron chi connectivity index (χ2n) is 4.25. The third-order valence-electron chi connectivity index (χ3n) is 2.82. The lowest BCUT2D eigenvalue weighted by molar-refractivity contribution is -0.137. The standard InChI is InChI=1S/C13H12BrF3N4/c1-2-8-6-11(21-18)20-12(19-8)9-4-3-7(14)5-10(9)13(15,16)17/h3-6H,2,18H2,1H3,(H,19,20,21). The highest BCUT2D eigenvalue weighted by Crippen LogP contribution is 2.37. The topological polar surface area (TPSA) is 63.8 Å². The summed E-state index contributed by atoms with van der Waals surface area (Å²) in [6.45, 7) is 1.85. The lowest BCUT2D eigenvalue weighted by Gasteiger charge is -2.13. The maximum absolute atomic E-state index is 13.2. The molecule has 1 aromatic carbocycles. The van der Waals surface area contributed by atoms with Gasteiger partial charge >= 0.3 is 6.18 Å². The SMILES string of the molecule is CCc1cc(NN)nc(-c2ccc(Br)cc2C(F)(F)F)n1. The molecule has 0 radical (unpaired) electrons. The number of halogens is 4. The van der Waals surface area contributed by atoms with E-state index in [2.05, 4.69) is 31.3 Å². The van der Waals surface area contributed by atoms with Crippen molar-refractivity contribution in [2.45, 2.75) is 19.5 Å². The van der Waals surface area contributed by atoms with Crippen molar-refractivity contribution in [1.82, 2.24) is 9.97 Å². The van der Waals surface area contributed by atoms with Gasteiger partial charge in [-0.3, -0.25) is 0 Å². The second kappa shape index (κ2) is 5.98. The Labute approximate surface area is 127 Å². The van der Waals surface area contributed by atoms with Gasteiger partial charge in [0.25, 0.3) is 0 Å². The van der Waals surface area contributed by atoms with Crippen LogP contribution in [0.4, 0.5) is 19.0 Å². The zero-order valence-electron chi connectivity index (χ0n) is 11.0. The summed E-state index contributed by atoms with van der Waals surface area (Å²) in [6.07, 6.45) is -3.94. The molecule has 4 nitrogen and oxygen atoms in total. The lowest BCUT2D eigenvalue weighted by Crippen LogP contribution is -2.12. The minimum Gasteiger partial charge on any atom is -0.308 e. The Hall–Kier alpha value is -1.67. The number of hydrogen-bond acceptors (Lipinski definition) is 4. The van der Waals surface area contributed by atoms with Crippen molar-refractivity contribution in [3.63, 3.8) is 0 Å². The van der Waals surface area contributed by atoms with E-state index in [1.807, 2.05) is 6.92 Å². The van der Waals surface area contributed by atoms with Crippen molar-refractivity contribution in [3.8, 4) is 11.4 Å². The Balaban J connectivity index is 2.66. The molecule has 112 valence electrons. The Morgan fingerprint density at radius 2 is 1.95 bits per heavy atom. The molecule has 8 heteroatoms. The molecular formula is C13H12BrF3N4. The second-order valence-corrected chi connectivity index (χ2v) is 5.17. The number of benzene rings is 1.